The fraction of sp³-hybridized carbons (Fsp3) is 0.611. The molecule has 1 aliphatic heterocycles. The van der Waals surface area contributed by atoms with Crippen molar-refractivity contribution in [3.05, 3.63) is 21.4 Å². The van der Waals surface area contributed by atoms with Gasteiger partial charge in [0.15, 0.2) is 12.8 Å². The van der Waals surface area contributed by atoms with E-state index in [0.29, 0.717) is 4.57 Å². The molecule has 1 saturated heterocycles. The fourth-order valence-electron chi connectivity index (χ4n) is 2.34. The van der Waals surface area contributed by atoms with Crippen molar-refractivity contribution in [1.82, 2.24) is 19.8 Å². The van der Waals surface area contributed by atoms with Gasteiger partial charge in [0, 0.05) is 30.4 Å². The summed E-state index contributed by atoms with van der Waals surface area (Å²) in [5, 5.41) is 10.8. The van der Waals surface area contributed by atoms with Gasteiger partial charge in [-0.3, -0.25) is 14.2 Å². The minimum absolute atomic E-state index is 0.127. The summed E-state index contributed by atoms with van der Waals surface area (Å²) in [5.41, 5.74) is -1.71. The molecule has 2 aromatic heterocycles. The Hall–Kier alpha value is -1.93. The number of nitrogens with one attached hydrogen (secondary N) is 1. The molecule has 0 radical (unpaired) electrons. The number of carbonyl (C=O) groups is 1. The number of piperidine rings is 1. The van der Waals surface area contributed by atoms with Gasteiger partial charge in [-0.2, -0.15) is 0 Å². The van der Waals surface area contributed by atoms with E-state index in [4.69, 9.17) is 20.6 Å². The molecular weight excluding hydrogens is 352 g/mol. The highest BCUT2D eigenvalue weighted by Crippen LogP contribution is 2.30. The lowest BCUT2D eigenvalue weighted by molar-refractivity contribution is 0.0946. The van der Waals surface area contributed by atoms with Gasteiger partial charge >= 0.3 is 0 Å². The Bertz CT molecular complexity index is 1390. The van der Waals surface area contributed by atoms with Gasteiger partial charge in [0.25, 0.3) is 11.5 Å². The quantitative estimate of drug-likeness (QED) is 0.787. The topological polar surface area (TPSA) is 87.5 Å². The number of likely N-dealkylation sites (tertiary alicyclic amines) is 1. The molecule has 0 spiro atoms. The van der Waals surface area contributed by atoms with Gasteiger partial charge in [-0.05, 0) is 52.5 Å². The van der Waals surface area contributed by atoms with Crippen molar-refractivity contribution in [2.45, 2.75) is 45.3 Å². The molecule has 2 N–H and O–H groups in total. The number of nitrogens with zero attached hydrogens (tertiary/aromatic N) is 3. The Kier molecular flexibility index (Phi) is 2.39. The number of aromatic nitrogens is 2. The van der Waals surface area contributed by atoms with E-state index in [1.807, 2.05) is 0 Å². The number of aromatic hydroxyl groups is 1. The highest BCUT2D eigenvalue weighted by molar-refractivity contribution is 7.17. The largest absolute Gasteiger partial charge is 0.505 e. The monoisotopic (exact) mass is 393 g/mol. The molecule has 0 aromatic carbocycles. The lowest BCUT2D eigenvalue weighted by Crippen LogP contribution is -2.36. The molecule has 8 heteroatoms. The first-order valence-electron chi connectivity index (χ1n) is 15.0. The second kappa shape index (κ2) is 8.18. The summed E-state index contributed by atoms with van der Waals surface area (Å²) in [6.07, 6.45) is -11.2. The summed E-state index contributed by atoms with van der Waals surface area (Å²) in [5.74, 6) is -2.37. The van der Waals surface area contributed by atoms with Crippen LogP contribution in [0, 0.1) is 0 Å². The van der Waals surface area contributed by atoms with Crippen molar-refractivity contribution in [3.8, 4) is 5.75 Å². The first-order chi connectivity index (χ1) is 18.2. The van der Waals surface area contributed by atoms with Crippen molar-refractivity contribution < 1.29 is 30.5 Å². The van der Waals surface area contributed by atoms with E-state index < -0.39 is 87.3 Å². The standard InChI is InChI=1S/C18H26N4O3S/c1-12(2)22-16-15(26-11-20-16)14(23)13(18(22)25)17(24)19-7-6-10-21-8-4-3-5-9-21/h11-12,23H,3-10H2,1-2H3,(H,19,24)/i1D3,3D2,4D2,5D2,8D2,9D2,12D/hD. The van der Waals surface area contributed by atoms with E-state index in [1.165, 1.54) is 0 Å². The van der Waals surface area contributed by atoms with Crippen LogP contribution in [0.15, 0.2) is 10.3 Å². The van der Waals surface area contributed by atoms with E-state index in [0.717, 1.165) is 23.8 Å². The van der Waals surface area contributed by atoms with Crippen LogP contribution >= 0.6 is 11.3 Å². The molecule has 0 saturated carbocycles. The van der Waals surface area contributed by atoms with Crippen LogP contribution in [0.3, 0.4) is 0 Å². The van der Waals surface area contributed by atoms with E-state index in [2.05, 4.69) is 4.98 Å². The molecule has 0 bridgehead atoms. The van der Waals surface area contributed by atoms with Gasteiger partial charge in [0.1, 0.15) is 10.3 Å². The van der Waals surface area contributed by atoms with Crippen LogP contribution in [0.1, 0.15) is 74.9 Å². The number of carbonyl (C=O) groups excluding carboxylic acids is 1. The van der Waals surface area contributed by atoms with Crippen LogP contribution < -0.4 is 10.9 Å². The molecule has 1 amide bonds. The summed E-state index contributed by atoms with van der Waals surface area (Å²) >= 11 is 0.731. The lowest BCUT2D eigenvalue weighted by atomic mass is 10.1. The Balaban J connectivity index is 1.95. The van der Waals surface area contributed by atoms with Crippen LogP contribution in [0.4, 0.5) is 0 Å². The number of fused-ring (bicyclic) bond motifs is 1. The summed E-state index contributed by atoms with van der Waals surface area (Å²) < 4.78 is 120. The predicted molar refractivity (Wildman–Crippen MR) is 103 cm³/mol. The second-order valence-corrected chi connectivity index (χ2v) is 6.10. The molecule has 7 nitrogen and oxygen atoms in total. The van der Waals surface area contributed by atoms with Gasteiger partial charge < -0.3 is 15.3 Å². The fourth-order valence-corrected chi connectivity index (χ4v) is 3.06. The average molecular weight is 394 g/mol. The zero-order valence-corrected chi connectivity index (χ0v) is 14.5. The third-order valence-corrected chi connectivity index (χ3v) is 4.30. The molecule has 2 aromatic rings. The van der Waals surface area contributed by atoms with Crippen molar-refractivity contribution in [2.24, 2.45) is 0 Å². The third-order valence-electron chi connectivity index (χ3n) is 3.48. The smallest absolute Gasteiger partial charge is 0.269 e. The SMILES string of the molecule is [2H]N(CCCN1C([2H])([2H])C([2H])([2H])C([2H])([2H])C([2H])([2H])C1([2H])[2H])C(=O)c1c(O)c2scnc2n(C([2H])(C)C([2H])([2H])[2H])c1=O. The highest BCUT2D eigenvalue weighted by Gasteiger charge is 2.24. The van der Waals surface area contributed by atoms with E-state index in [9.17, 15) is 14.7 Å². The predicted octanol–water partition coefficient (Wildman–Crippen LogP) is 2.35. The first-order valence-corrected chi connectivity index (χ1v) is 8.41. The number of thiazole rings is 1. The molecule has 0 aliphatic carbocycles. The van der Waals surface area contributed by atoms with Gasteiger partial charge in [0.2, 0.25) is 0 Å². The summed E-state index contributed by atoms with van der Waals surface area (Å²) in [6.45, 7) is -10.5. The molecule has 1 fully saturated rings. The Morgan fingerprint density at radius 2 is 2.35 bits per heavy atom. The van der Waals surface area contributed by atoms with Crippen molar-refractivity contribution in [3.63, 3.8) is 0 Å². The normalized spacial score (nSPS) is 36.6. The van der Waals surface area contributed by atoms with E-state index >= 15 is 0 Å². The molecular formula is C18H26N4O3S. The van der Waals surface area contributed by atoms with E-state index in [1.54, 1.807) is 0 Å². The lowest BCUT2D eigenvalue weighted by Gasteiger charge is -2.26. The molecule has 1 unspecified atom stereocenters. The highest BCUT2D eigenvalue weighted by atomic mass is 32.1. The number of pyridine rings is 1. The molecule has 3 heterocycles. The van der Waals surface area contributed by atoms with Crippen molar-refractivity contribution >= 4 is 27.6 Å². The third kappa shape index (κ3) is 3.76. The summed E-state index contributed by atoms with van der Waals surface area (Å²) in [4.78, 5) is 30.4. The van der Waals surface area contributed by atoms with Gasteiger partial charge in [0.05, 0.1) is 6.88 Å². The van der Waals surface area contributed by atoms with Crippen molar-refractivity contribution in [2.75, 3.05) is 26.1 Å². The molecule has 142 valence electrons. The first kappa shape index (κ1) is 7.59. The molecule has 1 aliphatic rings. The number of hydrogen-bond donors (Lipinski definition) is 2. The van der Waals surface area contributed by atoms with Gasteiger partial charge in [-0.1, -0.05) is 6.37 Å². The molecule has 3 rings (SSSR count). The minimum Gasteiger partial charge on any atom is -0.505 e. The maximum absolute atomic E-state index is 13.3. The van der Waals surface area contributed by atoms with Gasteiger partial charge in [-0.15, -0.1) is 11.3 Å². The Labute approximate surface area is 177 Å². The molecule has 26 heavy (non-hydrogen) atoms. The maximum Gasteiger partial charge on any atom is 0.269 e. The Morgan fingerprint density at radius 3 is 3.08 bits per heavy atom. The second-order valence-electron chi connectivity index (χ2n) is 5.25. The zero-order chi connectivity index (χ0) is 31.9. The maximum atomic E-state index is 13.3. The van der Waals surface area contributed by atoms with Crippen molar-refractivity contribution in [1.29, 1.82) is 0 Å². The van der Waals surface area contributed by atoms with Gasteiger partial charge in [-0.25, -0.2) is 4.98 Å². The molecule has 1 atom stereocenters. The zero-order valence-electron chi connectivity index (χ0n) is 28.7. The minimum atomic E-state index is -3.60. The van der Waals surface area contributed by atoms with E-state index in [-0.39, 0.29) is 20.6 Å². The van der Waals surface area contributed by atoms with Crippen LogP contribution in [-0.4, -0.2) is 51.5 Å². The van der Waals surface area contributed by atoms with Crippen LogP contribution in [0.25, 0.3) is 10.3 Å². The van der Waals surface area contributed by atoms with Crippen LogP contribution in [0.5, 0.6) is 5.75 Å². The average Bonchev–Trinajstić information content (AvgIpc) is 3.28. The van der Waals surface area contributed by atoms with Crippen LogP contribution in [0.2, 0.25) is 1.41 Å². The van der Waals surface area contributed by atoms with Crippen LogP contribution in [-0.2, 0) is 0 Å². The summed E-state index contributed by atoms with van der Waals surface area (Å²) in [7, 11) is 0. The number of amides is 1. The number of hydrogen-bond acceptors (Lipinski definition) is 6. The summed E-state index contributed by atoms with van der Waals surface area (Å²) in [6, 6.07) is -2.65. The number of rotatable bonds is 6. The Morgan fingerprint density at radius 1 is 1.58 bits per heavy atom.